The molecule has 0 amide bonds. The first-order chi connectivity index (χ1) is 4.68. The van der Waals surface area contributed by atoms with Crippen molar-refractivity contribution in [3.8, 4) is 0 Å². The van der Waals surface area contributed by atoms with Crippen LogP contribution >= 0.6 is 11.8 Å². The highest BCUT2D eigenvalue weighted by molar-refractivity contribution is 8.13. The van der Waals surface area contributed by atoms with E-state index in [4.69, 9.17) is 5.11 Å². The molecule has 0 saturated carbocycles. The zero-order chi connectivity index (χ0) is 7.56. The van der Waals surface area contributed by atoms with Crippen molar-refractivity contribution >= 4 is 17.1 Å². The molecule has 4 nitrogen and oxygen atoms in total. The van der Waals surface area contributed by atoms with Crippen molar-refractivity contribution in [1.29, 1.82) is 0 Å². The van der Waals surface area contributed by atoms with E-state index in [1.54, 1.807) is 13.0 Å². The highest BCUT2D eigenvalue weighted by Gasteiger charge is 2.05. The smallest absolute Gasteiger partial charge is 0.372 e. The molecule has 0 aromatic carbocycles. The van der Waals surface area contributed by atoms with E-state index in [0.717, 1.165) is 0 Å². The Bertz CT molecular complexity index is 245. The van der Waals surface area contributed by atoms with E-state index >= 15 is 0 Å². The topological polar surface area (TPSA) is 63.3 Å². The summed E-state index contributed by atoms with van der Waals surface area (Å²) < 4.78 is 4.61. The second kappa shape index (κ2) is 2.74. The van der Waals surface area contributed by atoms with Gasteiger partial charge in [0.05, 0.1) is 5.69 Å². The lowest BCUT2D eigenvalue weighted by atomic mass is 10.5. The predicted octanol–water partition coefficient (Wildman–Crippen LogP) is 1.75. The minimum atomic E-state index is -0.990. The summed E-state index contributed by atoms with van der Waals surface area (Å²) in [6, 6.07) is 1.57. The number of rotatable bonds is 1. The van der Waals surface area contributed by atoms with Gasteiger partial charge in [0.25, 0.3) is 0 Å². The van der Waals surface area contributed by atoms with E-state index in [9.17, 15) is 4.79 Å². The average molecular weight is 159 g/mol. The lowest BCUT2D eigenvalue weighted by Gasteiger charge is -1.82. The first kappa shape index (κ1) is 7.14. The number of aromatic nitrogens is 1. The van der Waals surface area contributed by atoms with Gasteiger partial charge in [0.15, 0.2) is 0 Å². The van der Waals surface area contributed by atoms with Crippen LogP contribution in [0.4, 0.5) is 4.79 Å². The molecule has 0 atom stereocenters. The van der Waals surface area contributed by atoms with Gasteiger partial charge in [-0.25, -0.2) is 4.79 Å². The van der Waals surface area contributed by atoms with Gasteiger partial charge in [0, 0.05) is 17.8 Å². The summed E-state index contributed by atoms with van der Waals surface area (Å²) in [6.45, 7) is 1.73. The summed E-state index contributed by atoms with van der Waals surface area (Å²) in [7, 11) is 0. The molecular weight excluding hydrogens is 154 g/mol. The molecule has 0 spiro atoms. The molecule has 0 saturated heterocycles. The van der Waals surface area contributed by atoms with Gasteiger partial charge in [-0.1, -0.05) is 5.16 Å². The fourth-order valence-corrected chi connectivity index (χ4v) is 0.951. The summed E-state index contributed by atoms with van der Waals surface area (Å²) in [4.78, 5) is 10.1. The average Bonchev–Trinajstić information content (AvgIpc) is 2.13. The Balaban J connectivity index is 2.67. The highest BCUT2D eigenvalue weighted by atomic mass is 32.2. The summed E-state index contributed by atoms with van der Waals surface area (Å²) in [5.74, 6) is 0. The van der Waals surface area contributed by atoms with Crippen LogP contribution in [0.1, 0.15) is 5.69 Å². The summed E-state index contributed by atoms with van der Waals surface area (Å²) >= 11 is 0.607. The highest BCUT2D eigenvalue weighted by Crippen LogP contribution is 2.18. The maximum Gasteiger partial charge on any atom is 0.372 e. The van der Waals surface area contributed by atoms with Crippen LogP contribution in [0.15, 0.2) is 15.7 Å². The van der Waals surface area contributed by atoms with Crippen molar-refractivity contribution in [2.24, 2.45) is 0 Å². The monoisotopic (exact) mass is 159 g/mol. The third-order valence-corrected chi connectivity index (χ3v) is 1.36. The normalized spacial score (nSPS) is 9.70. The van der Waals surface area contributed by atoms with Crippen molar-refractivity contribution < 1.29 is 14.4 Å². The Hall–Kier alpha value is -0.970. The zero-order valence-corrected chi connectivity index (χ0v) is 6.01. The van der Waals surface area contributed by atoms with Crippen LogP contribution in [0.5, 0.6) is 0 Å². The number of hydrogen-bond donors (Lipinski definition) is 1. The molecule has 1 aromatic heterocycles. The number of nitrogens with zero attached hydrogens (tertiary/aromatic N) is 1. The second-order valence-corrected chi connectivity index (χ2v) is 2.61. The molecule has 10 heavy (non-hydrogen) atoms. The van der Waals surface area contributed by atoms with E-state index in [-0.39, 0.29) is 0 Å². The molecule has 0 fully saturated rings. The van der Waals surface area contributed by atoms with E-state index in [0.29, 0.717) is 22.5 Å². The second-order valence-electron chi connectivity index (χ2n) is 1.66. The van der Waals surface area contributed by atoms with Gasteiger partial charge in [-0.05, 0) is 6.92 Å². The van der Waals surface area contributed by atoms with Crippen LogP contribution in [-0.4, -0.2) is 15.6 Å². The molecule has 1 heterocycles. The molecule has 0 aliphatic heterocycles. The number of thioether (sulfide) groups is 1. The SMILES string of the molecule is Cc1cc(SC(=O)O)on1. The first-order valence-electron chi connectivity index (χ1n) is 2.52. The van der Waals surface area contributed by atoms with Crippen LogP contribution in [-0.2, 0) is 0 Å². The molecular formula is C5H5NO3S. The van der Waals surface area contributed by atoms with Crippen LogP contribution < -0.4 is 0 Å². The molecule has 0 unspecified atom stereocenters. The molecule has 0 aliphatic carbocycles. The Morgan fingerprint density at radius 2 is 2.60 bits per heavy atom. The Morgan fingerprint density at radius 1 is 1.90 bits per heavy atom. The molecule has 1 rings (SSSR count). The maximum absolute atomic E-state index is 10.1. The van der Waals surface area contributed by atoms with E-state index in [1.165, 1.54) is 0 Å². The fraction of sp³-hybridized carbons (Fsp3) is 0.200. The van der Waals surface area contributed by atoms with Crippen LogP contribution in [0.3, 0.4) is 0 Å². The van der Waals surface area contributed by atoms with Gasteiger partial charge in [0.2, 0.25) is 5.09 Å². The van der Waals surface area contributed by atoms with Crippen molar-refractivity contribution in [2.45, 2.75) is 12.0 Å². The largest absolute Gasteiger partial charge is 0.473 e. The Morgan fingerprint density at radius 3 is 3.00 bits per heavy atom. The van der Waals surface area contributed by atoms with Crippen molar-refractivity contribution in [2.75, 3.05) is 0 Å². The van der Waals surface area contributed by atoms with Crippen LogP contribution in [0.2, 0.25) is 0 Å². The zero-order valence-electron chi connectivity index (χ0n) is 5.20. The van der Waals surface area contributed by atoms with E-state index in [2.05, 4.69) is 9.68 Å². The van der Waals surface area contributed by atoms with Gasteiger partial charge in [-0.2, -0.15) is 0 Å². The number of aryl methyl sites for hydroxylation is 1. The van der Waals surface area contributed by atoms with Crippen molar-refractivity contribution in [3.63, 3.8) is 0 Å². The lowest BCUT2D eigenvalue weighted by Crippen LogP contribution is -1.79. The summed E-state index contributed by atoms with van der Waals surface area (Å²) in [5.41, 5.74) is 0.684. The minimum absolute atomic E-state index is 0.310. The summed E-state index contributed by atoms with van der Waals surface area (Å²) in [6.07, 6.45) is 0. The molecule has 5 heteroatoms. The molecule has 0 radical (unpaired) electrons. The van der Waals surface area contributed by atoms with E-state index in [1.807, 2.05) is 0 Å². The van der Waals surface area contributed by atoms with Gasteiger partial charge < -0.3 is 9.63 Å². The minimum Gasteiger partial charge on any atom is -0.473 e. The van der Waals surface area contributed by atoms with Gasteiger partial charge in [-0.15, -0.1) is 0 Å². The third kappa shape index (κ3) is 1.77. The quantitative estimate of drug-likeness (QED) is 0.632. The number of carboxylic acid groups (broad SMARTS) is 1. The molecule has 1 N–H and O–H groups in total. The standard InChI is InChI=1S/C5H5NO3S/c1-3-2-4(9-6-3)10-5(7)8/h2H,1H3,(H,7,8). The predicted molar refractivity (Wildman–Crippen MR) is 35.1 cm³/mol. The molecule has 0 aliphatic rings. The maximum atomic E-state index is 10.1. The van der Waals surface area contributed by atoms with Crippen molar-refractivity contribution in [3.05, 3.63) is 11.8 Å². The third-order valence-electron chi connectivity index (χ3n) is 0.794. The van der Waals surface area contributed by atoms with Gasteiger partial charge in [0.1, 0.15) is 0 Å². The van der Waals surface area contributed by atoms with Crippen LogP contribution in [0.25, 0.3) is 0 Å². The number of hydrogen-bond acceptors (Lipinski definition) is 4. The van der Waals surface area contributed by atoms with E-state index < -0.39 is 5.30 Å². The number of carbonyl (C=O) groups is 1. The summed E-state index contributed by atoms with van der Waals surface area (Å²) in [5, 5.41) is 11.1. The van der Waals surface area contributed by atoms with Gasteiger partial charge >= 0.3 is 5.30 Å². The van der Waals surface area contributed by atoms with Crippen molar-refractivity contribution in [1.82, 2.24) is 5.16 Å². The first-order valence-corrected chi connectivity index (χ1v) is 3.34. The fourth-order valence-electron chi connectivity index (χ4n) is 0.474. The van der Waals surface area contributed by atoms with Gasteiger partial charge in [-0.3, -0.25) is 0 Å². The Kier molecular flexibility index (Phi) is 1.96. The molecule has 54 valence electrons. The van der Waals surface area contributed by atoms with Crippen LogP contribution in [0, 0.1) is 6.92 Å². The Labute approximate surface area is 61.2 Å². The molecule has 1 aromatic rings. The lowest BCUT2D eigenvalue weighted by molar-refractivity contribution is 0.221. The molecule has 0 bridgehead atoms.